The van der Waals surface area contributed by atoms with Gasteiger partial charge >= 0.3 is 0 Å². The van der Waals surface area contributed by atoms with Crippen LogP contribution in [0.4, 0.5) is 9.18 Å². The summed E-state index contributed by atoms with van der Waals surface area (Å²) in [5, 5.41) is 0.481. The SMILES string of the molecule is O=C1S/C(=C\c2ccc(-c3ccc(Cl)cc3Cl)o2)C(=O)N1Cc1ccccc1F. The van der Waals surface area contributed by atoms with Crippen molar-refractivity contribution in [3.8, 4) is 11.3 Å². The quantitative estimate of drug-likeness (QED) is 0.421. The highest BCUT2D eigenvalue weighted by molar-refractivity contribution is 8.18. The Morgan fingerprint density at radius 1 is 1.07 bits per heavy atom. The number of amides is 2. The normalized spacial score (nSPS) is 15.6. The molecule has 29 heavy (non-hydrogen) atoms. The molecule has 0 N–H and O–H groups in total. The van der Waals surface area contributed by atoms with E-state index in [1.807, 2.05) is 0 Å². The Balaban J connectivity index is 1.56. The molecule has 0 bridgehead atoms. The van der Waals surface area contributed by atoms with Gasteiger partial charge in [-0.05, 0) is 48.2 Å². The Kier molecular flexibility index (Phi) is 5.50. The summed E-state index contributed by atoms with van der Waals surface area (Å²) in [6, 6.07) is 14.4. The number of thioether (sulfide) groups is 1. The molecule has 0 unspecified atom stereocenters. The summed E-state index contributed by atoms with van der Waals surface area (Å²) in [6.07, 6.45) is 1.49. The molecule has 0 aliphatic carbocycles. The molecular formula is C21H12Cl2FNO3S. The minimum atomic E-state index is -0.495. The van der Waals surface area contributed by atoms with E-state index in [2.05, 4.69) is 0 Å². The van der Waals surface area contributed by atoms with Gasteiger partial charge in [-0.15, -0.1) is 0 Å². The lowest BCUT2D eigenvalue weighted by Gasteiger charge is -2.12. The van der Waals surface area contributed by atoms with Crippen LogP contribution in [0.15, 0.2) is 63.9 Å². The molecule has 146 valence electrons. The first-order valence-corrected chi connectivity index (χ1v) is 10.0. The zero-order chi connectivity index (χ0) is 20.5. The van der Waals surface area contributed by atoms with Crippen LogP contribution < -0.4 is 0 Å². The minimum absolute atomic E-state index is 0.127. The van der Waals surface area contributed by atoms with Crippen LogP contribution in [0.1, 0.15) is 11.3 Å². The lowest BCUT2D eigenvalue weighted by molar-refractivity contribution is -0.123. The van der Waals surface area contributed by atoms with Crippen LogP contribution in [0.25, 0.3) is 17.4 Å². The Morgan fingerprint density at radius 3 is 2.62 bits per heavy atom. The number of carbonyl (C=O) groups is 2. The standard InChI is InChI=1S/C21H12Cl2FNO3S/c22-13-5-7-15(16(23)9-13)18-8-6-14(28-18)10-19-20(26)25(21(27)29-19)11-12-3-1-2-4-17(12)24/h1-10H,11H2/b19-10-. The van der Waals surface area contributed by atoms with E-state index in [-0.39, 0.29) is 17.0 Å². The van der Waals surface area contributed by atoms with Crippen molar-refractivity contribution in [1.29, 1.82) is 0 Å². The summed E-state index contributed by atoms with van der Waals surface area (Å²) in [4.78, 5) is 26.1. The van der Waals surface area contributed by atoms with Gasteiger partial charge in [-0.25, -0.2) is 4.39 Å². The number of carbonyl (C=O) groups excluding carboxylic acids is 2. The molecule has 4 rings (SSSR count). The van der Waals surface area contributed by atoms with E-state index in [1.54, 1.807) is 42.5 Å². The summed E-state index contributed by atoms with van der Waals surface area (Å²) < 4.78 is 19.6. The van der Waals surface area contributed by atoms with Crippen molar-refractivity contribution < 1.29 is 18.4 Å². The van der Waals surface area contributed by atoms with E-state index < -0.39 is 17.0 Å². The van der Waals surface area contributed by atoms with E-state index in [9.17, 15) is 14.0 Å². The van der Waals surface area contributed by atoms with E-state index in [0.717, 1.165) is 16.7 Å². The average molecular weight is 448 g/mol. The predicted octanol–water partition coefficient (Wildman–Crippen LogP) is 6.63. The lowest BCUT2D eigenvalue weighted by atomic mass is 10.2. The molecule has 1 aliphatic rings. The molecule has 8 heteroatoms. The molecule has 1 saturated heterocycles. The molecular weight excluding hydrogens is 436 g/mol. The molecule has 0 saturated carbocycles. The summed E-state index contributed by atoms with van der Waals surface area (Å²) in [7, 11) is 0. The molecule has 2 aromatic carbocycles. The van der Waals surface area contributed by atoms with Crippen LogP contribution >= 0.6 is 35.0 Å². The largest absolute Gasteiger partial charge is 0.457 e. The second kappa shape index (κ2) is 8.06. The Bertz CT molecular complexity index is 1160. The fourth-order valence-corrected chi connectivity index (χ4v) is 4.15. The second-order valence-electron chi connectivity index (χ2n) is 6.19. The van der Waals surface area contributed by atoms with Crippen LogP contribution in [-0.2, 0) is 11.3 Å². The van der Waals surface area contributed by atoms with Crippen molar-refractivity contribution in [3.63, 3.8) is 0 Å². The number of furan rings is 1. The van der Waals surface area contributed by atoms with Gasteiger partial charge in [-0.1, -0.05) is 41.4 Å². The number of halogens is 3. The van der Waals surface area contributed by atoms with E-state index in [4.69, 9.17) is 27.6 Å². The van der Waals surface area contributed by atoms with Crippen LogP contribution in [0, 0.1) is 5.82 Å². The second-order valence-corrected chi connectivity index (χ2v) is 8.02. The highest BCUT2D eigenvalue weighted by Gasteiger charge is 2.35. The fourth-order valence-electron chi connectivity index (χ4n) is 2.83. The fraction of sp³-hybridized carbons (Fsp3) is 0.0476. The van der Waals surface area contributed by atoms with Gasteiger partial charge < -0.3 is 4.42 Å². The van der Waals surface area contributed by atoms with Crippen molar-refractivity contribution in [2.24, 2.45) is 0 Å². The Hall–Kier alpha value is -2.54. The molecule has 3 aromatic rings. The maximum atomic E-state index is 13.9. The molecule has 0 spiro atoms. The molecule has 2 amide bonds. The first-order valence-electron chi connectivity index (χ1n) is 8.46. The van der Waals surface area contributed by atoms with Gasteiger partial charge in [0.2, 0.25) is 0 Å². The van der Waals surface area contributed by atoms with Gasteiger partial charge in [0, 0.05) is 22.2 Å². The monoisotopic (exact) mass is 447 g/mol. The van der Waals surface area contributed by atoms with Crippen molar-refractivity contribution in [3.05, 3.63) is 86.7 Å². The maximum absolute atomic E-state index is 13.9. The smallest absolute Gasteiger partial charge is 0.293 e. The first-order chi connectivity index (χ1) is 13.9. The average Bonchev–Trinajstić information content (AvgIpc) is 3.24. The zero-order valence-corrected chi connectivity index (χ0v) is 17.0. The van der Waals surface area contributed by atoms with Gasteiger partial charge in [0.15, 0.2) is 0 Å². The van der Waals surface area contributed by atoms with E-state index in [1.165, 1.54) is 18.2 Å². The van der Waals surface area contributed by atoms with Crippen LogP contribution in [0.3, 0.4) is 0 Å². The van der Waals surface area contributed by atoms with Crippen LogP contribution in [0.5, 0.6) is 0 Å². The van der Waals surface area contributed by atoms with Gasteiger partial charge in [0.05, 0.1) is 16.5 Å². The lowest BCUT2D eigenvalue weighted by Crippen LogP contribution is -2.27. The molecule has 1 aliphatic heterocycles. The van der Waals surface area contributed by atoms with Crippen molar-refractivity contribution in [2.45, 2.75) is 6.54 Å². The number of imide groups is 1. The van der Waals surface area contributed by atoms with Crippen molar-refractivity contribution >= 4 is 52.2 Å². The zero-order valence-electron chi connectivity index (χ0n) is 14.7. The molecule has 0 atom stereocenters. The third-order valence-corrected chi connectivity index (χ3v) is 5.71. The van der Waals surface area contributed by atoms with Gasteiger partial charge in [0.25, 0.3) is 11.1 Å². The molecule has 2 heterocycles. The number of rotatable bonds is 4. The topological polar surface area (TPSA) is 50.5 Å². The minimum Gasteiger partial charge on any atom is -0.457 e. The third kappa shape index (κ3) is 4.10. The summed E-state index contributed by atoms with van der Waals surface area (Å²) in [5.74, 6) is -0.0670. The summed E-state index contributed by atoms with van der Waals surface area (Å²) >= 11 is 12.9. The number of benzene rings is 2. The Morgan fingerprint density at radius 2 is 1.86 bits per heavy atom. The first kappa shape index (κ1) is 19.8. The molecule has 0 radical (unpaired) electrons. The highest BCUT2D eigenvalue weighted by Crippen LogP contribution is 2.36. The number of hydrogen-bond donors (Lipinski definition) is 0. The van der Waals surface area contributed by atoms with E-state index in [0.29, 0.717) is 27.1 Å². The number of nitrogens with zero attached hydrogens (tertiary/aromatic N) is 1. The molecule has 1 aromatic heterocycles. The van der Waals surface area contributed by atoms with Gasteiger partial charge in [0.1, 0.15) is 17.3 Å². The van der Waals surface area contributed by atoms with Crippen molar-refractivity contribution in [2.75, 3.05) is 0 Å². The predicted molar refractivity (Wildman–Crippen MR) is 112 cm³/mol. The number of hydrogen-bond acceptors (Lipinski definition) is 4. The summed E-state index contributed by atoms with van der Waals surface area (Å²) in [6.45, 7) is -0.127. The Labute approximate surface area is 179 Å². The van der Waals surface area contributed by atoms with E-state index >= 15 is 0 Å². The summed E-state index contributed by atoms with van der Waals surface area (Å²) in [5.41, 5.74) is 0.928. The highest BCUT2D eigenvalue weighted by atomic mass is 35.5. The van der Waals surface area contributed by atoms with Gasteiger partial charge in [-0.3, -0.25) is 14.5 Å². The van der Waals surface area contributed by atoms with Crippen LogP contribution in [0.2, 0.25) is 10.0 Å². The molecule has 4 nitrogen and oxygen atoms in total. The molecule has 1 fully saturated rings. The van der Waals surface area contributed by atoms with Crippen LogP contribution in [-0.4, -0.2) is 16.0 Å². The van der Waals surface area contributed by atoms with Crippen molar-refractivity contribution in [1.82, 2.24) is 4.90 Å². The third-order valence-electron chi connectivity index (χ3n) is 4.26. The maximum Gasteiger partial charge on any atom is 0.293 e. The van der Waals surface area contributed by atoms with Gasteiger partial charge in [-0.2, -0.15) is 0 Å².